The molecule has 1 aliphatic heterocycles. The molecule has 3 N–H and O–H groups in total. The number of nitrogens with zero attached hydrogens (tertiary/aromatic N) is 1. The summed E-state index contributed by atoms with van der Waals surface area (Å²) in [5.74, 6) is -3.61. The summed E-state index contributed by atoms with van der Waals surface area (Å²) < 4.78 is 5.14. The van der Waals surface area contributed by atoms with Gasteiger partial charge in [-0.15, -0.1) is 0 Å². The highest BCUT2D eigenvalue weighted by molar-refractivity contribution is 6.04. The third-order valence-electron chi connectivity index (χ3n) is 3.74. The molecule has 1 heterocycles. The number of aliphatic carboxylic acids is 1. The Morgan fingerprint density at radius 2 is 1.85 bits per heavy atom. The smallest absolute Gasteiger partial charge is 0.408 e. The lowest BCUT2D eigenvalue weighted by Gasteiger charge is -2.31. The summed E-state index contributed by atoms with van der Waals surface area (Å²) >= 11 is 0. The van der Waals surface area contributed by atoms with E-state index in [4.69, 9.17) is 9.84 Å². The minimum atomic E-state index is -1.32. The Balaban J connectivity index is 2.80. The van der Waals surface area contributed by atoms with Gasteiger partial charge in [0.1, 0.15) is 24.2 Å². The molecule has 10 nitrogen and oxygen atoms in total. The highest BCUT2D eigenvalue weighted by Crippen LogP contribution is 2.14. The minimum absolute atomic E-state index is 0.0597. The molecule has 4 amide bonds. The predicted octanol–water partition coefficient (Wildman–Crippen LogP) is 0.254. The van der Waals surface area contributed by atoms with Crippen molar-refractivity contribution in [3.05, 3.63) is 0 Å². The van der Waals surface area contributed by atoms with Gasteiger partial charge in [0.05, 0.1) is 0 Å². The number of amides is 4. The molecular formula is C17H27N3O7. The number of alkyl carbamates (subject to hydrolysis) is 1. The molecule has 1 rings (SSSR count). The zero-order valence-corrected chi connectivity index (χ0v) is 16.2. The number of rotatable bonds is 6. The Morgan fingerprint density at radius 3 is 2.33 bits per heavy atom. The van der Waals surface area contributed by atoms with E-state index in [1.54, 1.807) is 34.6 Å². The number of carbonyl (C=O) groups is 5. The van der Waals surface area contributed by atoms with Gasteiger partial charge in [-0.05, 0) is 33.1 Å². The van der Waals surface area contributed by atoms with Gasteiger partial charge in [0.25, 0.3) is 5.91 Å². The average Bonchev–Trinajstić information content (AvgIpc) is 2.49. The number of piperidine rings is 1. The van der Waals surface area contributed by atoms with Crippen molar-refractivity contribution in [1.82, 2.24) is 15.5 Å². The molecule has 0 aromatic carbocycles. The van der Waals surface area contributed by atoms with Crippen LogP contribution in [0, 0.1) is 5.92 Å². The summed E-state index contributed by atoms with van der Waals surface area (Å²) in [6.45, 7) is 7.73. The van der Waals surface area contributed by atoms with Crippen molar-refractivity contribution in [2.24, 2.45) is 5.92 Å². The predicted molar refractivity (Wildman–Crippen MR) is 93.5 cm³/mol. The second kappa shape index (κ2) is 8.83. The fourth-order valence-corrected chi connectivity index (χ4v) is 2.50. The molecule has 152 valence electrons. The molecule has 0 radical (unpaired) electrons. The van der Waals surface area contributed by atoms with E-state index in [1.165, 1.54) is 0 Å². The molecule has 27 heavy (non-hydrogen) atoms. The third-order valence-corrected chi connectivity index (χ3v) is 3.74. The van der Waals surface area contributed by atoms with Crippen LogP contribution in [0.2, 0.25) is 0 Å². The second-order valence-electron chi connectivity index (χ2n) is 7.68. The highest BCUT2D eigenvalue weighted by atomic mass is 16.6. The zero-order chi connectivity index (χ0) is 20.9. The molecule has 10 heteroatoms. The summed E-state index contributed by atoms with van der Waals surface area (Å²) in [4.78, 5) is 60.0. The molecule has 0 bridgehead atoms. The van der Waals surface area contributed by atoms with Crippen LogP contribution in [0.5, 0.6) is 0 Å². The summed E-state index contributed by atoms with van der Waals surface area (Å²) in [5, 5.41) is 13.8. The van der Waals surface area contributed by atoms with Crippen LogP contribution in [-0.4, -0.2) is 64.0 Å². The number of ether oxygens (including phenoxy) is 1. The molecule has 0 saturated carbocycles. The van der Waals surface area contributed by atoms with Gasteiger partial charge in [-0.3, -0.25) is 24.1 Å². The van der Waals surface area contributed by atoms with Gasteiger partial charge < -0.3 is 20.5 Å². The first-order valence-corrected chi connectivity index (χ1v) is 8.67. The summed E-state index contributed by atoms with van der Waals surface area (Å²) in [7, 11) is 0. The van der Waals surface area contributed by atoms with Crippen LogP contribution in [0.1, 0.15) is 47.5 Å². The molecule has 0 aromatic heterocycles. The Kier molecular flexibility index (Phi) is 7.32. The molecule has 0 aliphatic carbocycles. The number of carboxylic acid groups (broad SMARTS) is 1. The van der Waals surface area contributed by atoms with Crippen molar-refractivity contribution >= 4 is 29.8 Å². The van der Waals surface area contributed by atoms with E-state index in [2.05, 4.69) is 10.6 Å². The van der Waals surface area contributed by atoms with Gasteiger partial charge in [0.15, 0.2) is 0 Å². The van der Waals surface area contributed by atoms with E-state index in [0.29, 0.717) is 4.90 Å². The zero-order valence-electron chi connectivity index (χ0n) is 16.2. The lowest BCUT2D eigenvalue weighted by atomic mass is 10.0. The molecular weight excluding hydrogens is 358 g/mol. The van der Waals surface area contributed by atoms with Gasteiger partial charge >= 0.3 is 12.1 Å². The minimum Gasteiger partial charge on any atom is -0.480 e. The normalized spacial score (nSPS) is 18.9. The average molecular weight is 385 g/mol. The summed E-state index contributed by atoms with van der Waals surface area (Å²) in [6, 6.07) is -1.99. The number of carboxylic acids is 1. The Morgan fingerprint density at radius 1 is 1.26 bits per heavy atom. The van der Waals surface area contributed by atoms with Crippen LogP contribution in [0.15, 0.2) is 0 Å². The highest BCUT2D eigenvalue weighted by Gasteiger charge is 2.38. The van der Waals surface area contributed by atoms with E-state index in [9.17, 15) is 24.0 Å². The topological polar surface area (TPSA) is 142 Å². The lowest BCUT2D eigenvalue weighted by molar-refractivity contribution is -0.157. The van der Waals surface area contributed by atoms with Crippen LogP contribution in [-0.2, 0) is 23.9 Å². The lowest BCUT2D eigenvalue weighted by Crippen LogP contribution is -2.59. The number of carbonyl (C=O) groups excluding carboxylic acids is 4. The van der Waals surface area contributed by atoms with E-state index in [-0.39, 0.29) is 18.8 Å². The summed E-state index contributed by atoms with van der Waals surface area (Å²) in [5.41, 5.74) is -0.737. The Bertz CT molecular complexity index is 625. The quantitative estimate of drug-likeness (QED) is 0.556. The first-order chi connectivity index (χ1) is 12.3. The molecule has 2 atom stereocenters. The number of imide groups is 1. The van der Waals surface area contributed by atoms with Crippen molar-refractivity contribution in [2.45, 2.75) is 65.1 Å². The summed E-state index contributed by atoms with van der Waals surface area (Å²) in [6.07, 6.45) is -0.763. The molecule has 0 unspecified atom stereocenters. The van der Waals surface area contributed by atoms with Crippen molar-refractivity contribution in [2.75, 3.05) is 6.54 Å². The maximum Gasteiger partial charge on any atom is 0.408 e. The molecule has 0 spiro atoms. The first-order valence-electron chi connectivity index (χ1n) is 8.67. The largest absolute Gasteiger partial charge is 0.480 e. The number of likely N-dealkylation sites (tertiary alicyclic amines) is 1. The number of hydrogen-bond donors (Lipinski definition) is 3. The molecule has 1 saturated heterocycles. The number of nitrogens with one attached hydrogen (secondary N) is 2. The Labute approximate surface area is 157 Å². The van der Waals surface area contributed by atoms with Crippen LogP contribution in [0.3, 0.4) is 0 Å². The van der Waals surface area contributed by atoms with Gasteiger partial charge in [0, 0.05) is 6.42 Å². The van der Waals surface area contributed by atoms with Gasteiger partial charge in [-0.1, -0.05) is 13.8 Å². The van der Waals surface area contributed by atoms with Crippen molar-refractivity contribution in [1.29, 1.82) is 0 Å². The van der Waals surface area contributed by atoms with Crippen LogP contribution in [0.4, 0.5) is 4.79 Å². The SMILES string of the molecule is CC(C)[C@H](NC(=O)OC(C)(C)C)C(=O)N[C@H]1CCC(=O)N(CC(=O)O)C1=O. The first kappa shape index (κ1) is 22.4. The molecule has 1 aliphatic rings. The van der Waals surface area contributed by atoms with Gasteiger partial charge in [0.2, 0.25) is 11.8 Å². The van der Waals surface area contributed by atoms with E-state index >= 15 is 0 Å². The van der Waals surface area contributed by atoms with Crippen molar-refractivity contribution < 1.29 is 33.8 Å². The fourth-order valence-electron chi connectivity index (χ4n) is 2.50. The van der Waals surface area contributed by atoms with Gasteiger partial charge in [-0.25, -0.2) is 4.79 Å². The van der Waals surface area contributed by atoms with E-state index < -0.39 is 54.0 Å². The van der Waals surface area contributed by atoms with E-state index in [0.717, 1.165) is 0 Å². The van der Waals surface area contributed by atoms with Crippen molar-refractivity contribution in [3.63, 3.8) is 0 Å². The van der Waals surface area contributed by atoms with Crippen LogP contribution < -0.4 is 10.6 Å². The maximum atomic E-state index is 12.6. The number of hydrogen-bond acceptors (Lipinski definition) is 6. The Hall–Kier alpha value is -2.65. The van der Waals surface area contributed by atoms with Crippen molar-refractivity contribution in [3.8, 4) is 0 Å². The van der Waals surface area contributed by atoms with Crippen LogP contribution >= 0.6 is 0 Å². The van der Waals surface area contributed by atoms with Gasteiger partial charge in [-0.2, -0.15) is 0 Å². The fraction of sp³-hybridized carbons (Fsp3) is 0.706. The standard InChI is InChI=1S/C17H27N3O7/c1-9(2)13(19-16(26)27-17(3,4)5)14(24)18-10-6-7-11(21)20(15(10)25)8-12(22)23/h9-10,13H,6-8H2,1-5H3,(H,18,24)(H,19,26)(H,22,23)/t10-,13-/m0/s1. The molecule has 1 fully saturated rings. The third kappa shape index (κ3) is 6.87. The monoisotopic (exact) mass is 385 g/mol. The second-order valence-corrected chi connectivity index (χ2v) is 7.68. The van der Waals surface area contributed by atoms with Crippen LogP contribution in [0.25, 0.3) is 0 Å². The maximum absolute atomic E-state index is 12.6. The molecule has 0 aromatic rings. The van der Waals surface area contributed by atoms with E-state index in [1.807, 2.05) is 0 Å².